The Morgan fingerprint density at radius 3 is 2.07 bits per heavy atom. The van der Waals surface area contributed by atoms with Crippen molar-refractivity contribution in [3.63, 3.8) is 0 Å². The standard InChI is InChI=1S/C22H27N3O3/c1-2-28-21(26)16-8-10-18(11-9-16)23-19-12-14-20(15-13-19)25-22(27)24-17-6-4-3-5-7-17/h8-15,17,23H,2-7H2,1H3,(H2,24,25,27). The van der Waals surface area contributed by atoms with E-state index in [-0.39, 0.29) is 18.0 Å². The molecule has 0 heterocycles. The Kier molecular flexibility index (Phi) is 6.89. The summed E-state index contributed by atoms with van der Waals surface area (Å²) in [6.07, 6.45) is 5.76. The van der Waals surface area contributed by atoms with Crippen LogP contribution in [0.4, 0.5) is 21.9 Å². The lowest BCUT2D eigenvalue weighted by molar-refractivity contribution is 0.0526. The molecule has 148 valence electrons. The number of carbonyl (C=O) groups excluding carboxylic acids is 2. The van der Waals surface area contributed by atoms with Gasteiger partial charge in [-0.15, -0.1) is 0 Å². The zero-order chi connectivity index (χ0) is 19.8. The topological polar surface area (TPSA) is 79.5 Å². The molecule has 1 saturated carbocycles. The van der Waals surface area contributed by atoms with Gasteiger partial charge in [-0.1, -0.05) is 19.3 Å². The van der Waals surface area contributed by atoms with E-state index in [9.17, 15) is 9.59 Å². The number of carbonyl (C=O) groups is 2. The summed E-state index contributed by atoms with van der Waals surface area (Å²) in [6, 6.07) is 14.8. The van der Waals surface area contributed by atoms with Gasteiger partial charge in [-0.3, -0.25) is 0 Å². The second-order valence-corrected chi connectivity index (χ2v) is 6.93. The molecule has 0 unspecified atom stereocenters. The van der Waals surface area contributed by atoms with Crippen LogP contribution < -0.4 is 16.0 Å². The van der Waals surface area contributed by atoms with Gasteiger partial charge in [0.15, 0.2) is 0 Å². The molecule has 3 N–H and O–H groups in total. The van der Waals surface area contributed by atoms with E-state index in [1.54, 1.807) is 19.1 Å². The van der Waals surface area contributed by atoms with Crippen LogP contribution in [0.2, 0.25) is 0 Å². The van der Waals surface area contributed by atoms with Crippen LogP contribution in [0.25, 0.3) is 0 Å². The molecule has 0 saturated heterocycles. The van der Waals surface area contributed by atoms with Crippen molar-refractivity contribution in [2.75, 3.05) is 17.2 Å². The van der Waals surface area contributed by atoms with Crippen LogP contribution >= 0.6 is 0 Å². The lowest BCUT2D eigenvalue weighted by Gasteiger charge is -2.22. The van der Waals surface area contributed by atoms with Gasteiger partial charge in [-0.25, -0.2) is 9.59 Å². The van der Waals surface area contributed by atoms with Crippen molar-refractivity contribution in [3.05, 3.63) is 54.1 Å². The van der Waals surface area contributed by atoms with E-state index in [1.807, 2.05) is 36.4 Å². The molecule has 6 heteroatoms. The molecule has 1 aliphatic rings. The van der Waals surface area contributed by atoms with E-state index < -0.39 is 0 Å². The molecular weight excluding hydrogens is 354 g/mol. The largest absolute Gasteiger partial charge is 0.462 e. The number of benzene rings is 2. The second kappa shape index (κ2) is 9.78. The number of hydrogen-bond acceptors (Lipinski definition) is 4. The summed E-state index contributed by atoms with van der Waals surface area (Å²) in [6.45, 7) is 2.14. The zero-order valence-electron chi connectivity index (χ0n) is 16.2. The van der Waals surface area contributed by atoms with E-state index in [2.05, 4.69) is 16.0 Å². The Bertz CT molecular complexity index is 782. The molecule has 1 aliphatic carbocycles. The Morgan fingerprint density at radius 2 is 1.46 bits per heavy atom. The van der Waals surface area contributed by atoms with Crippen LogP contribution in [-0.4, -0.2) is 24.6 Å². The predicted octanol–water partition coefficient (Wildman–Crippen LogP) is 5.06. The number of amides is 2. The second-order valence-electron chi connectivity index (χ2n) is 6.93. The minimum atomic E-state index is -0.323. The number of hydrogen-bond donors (Lipinski definition) is 3. The maximum Gasteiger partial charge on any atom is 0.338 e. The number of ether oxygens (including phenoxy) is 1. The lowest BCUT2D eigenvalue weighted by Crippen LogP contribution is -2.38. The van der Waals surface area contributed by atoms with Crippen LogP contribution in [0.15, 0.2) is 48.5 Å². The minimum Gasteiger partial charge on any atom is -0.462 e. The quantitative estimate of drug-likeness (QED) is 0.611. The Balaban J connectivity index is 1.51. The molecule has 0 spiro atoms. The highest BCUT2D eigenvalue weighted by molar-refractivity contribution is 5.90. The molecule has 2 aromatic rings. The molecule has 0 atom stereocenters. The fourth-order valence-corrected chi connectivity index (χ4v) is 3.31. The van der Waals surface area contributed by atoms with Crippen molar-refractivity contribution in [2.45, 2.75) is 45.1 Å². The summed E-state index contributed by atoms with van der Waals surface area (Å²) >= 11 is 0. The van der Waals surface area contributed by atoms with E-state index in [0.717, 1.165) is 29.9 Å². The minimum absolute atomic E-state index is 0.151. The molecule has 28 heavy (non-hydrogen) atoms. The summed E-state index contributed by atoms with van der Waals surface area (Å²) in [5, 5.41) is 9.19. The van der Waals surface area contributed by atoms with E-state index in [4.69, 9.17) is 4.74 Å². The number of urea groups is 1. The molecule has 0 aliphatic heterocycles. The first-order valence-electron chi connectivity index (χ1n) is 9.86. The van der Waals surface area contributed by atoms with Gasteiger partial charge in [0.05, 0.1) is 12.2 Å². The van der Waals surface area contributed by atoms with Crippen molar-refractivity contribution >= 4 is 29.1 Å². The summed E-state index contributed by atoms with van der Waals surface area (Å²) in [7, 11) is 0. The van der Waals surface area contributed by atoms with Crippen molar-refractivity contribution in [1.82, 2.24) is 5.32 Å². The summed E-state index contributed by atoms with van der Waals surface area (Å²) in [5.74, 6) is -0.323. The van der Waals surface area contributed by atoms with Gasteiger partial charge in [-0.2, -0.15) is 0 Å². The summed E-state index contributed by atoms with van der Waals surface area (Å²) < 4.78 is 4.98. The molecule has 2 amide bonds. The van der Waals surface area contributed by atoms with E-state index in [0.29, 0.717) is 12.2 Å². The normalized spacial score (nSPS) is 14.2. The van der Waals surface area contributed by atoms with Crippen LogP contribution in [0.3, 0.4) is 0 Å². The van der Waals surface area contributed by atoms with Crippen molar-refractivity contribution in [2.24, 2.45) is 0 Å². The zero-order valence-corrected chi connectivity index (χ0v) is 16.2. The predicted molar refractivity (Wildman–Crippen MR) is 111 cm³/mol. The van der Waals surface area contributed by atoms with Gasteiger partial charge >= 0.3 is 12.0 Å². The number of anilines is 3. The molecule has 0 aromatic heterocycles. The highest BCUT2D eigenvalue weighted by atomic mass is 16.5. The molecule has 6 nitrogen and oxygen atoms in total. The van der Waals surface area contributed by atoms with Gasteiger partial charge < -0.3 is 20.7 Å². The average molecular weight is 381 g/mol. The molecule has 0 bridgehead atoms. The molecule has 1 fully saturated rings. The Morgan fingerprint density at radius 1 is 0.893 bits per heavy atom. The summed E-state index contributed by atoms with van der Waals surface area (Å²) in [5.41, 5.74) is 3.03. The highest BCUT2D eigenvalue weighted by Crippen LogP contribution is 2.20. The first-order valence-corrected chi connectivity index (χ1v) is 9.86. The van der Waals surface area contributed by atoms with Crippen molar-refractivity contribution < 1.29 is 14.3 Å². The smallest absolute Gasteiger partial charge is 0.338 e. The Hall–Kier alpha value is -3.02. The fraction of sp³-hybridized carbons (Fsp3) is 0.364. The maximum atomic E-state index is 12.1. The van der Waals surface area contributed by atoms with E-state index in [1.165, 1.54) is 19.3 Å². The van der Waals surface area contributed by atoms with Gasteiger partial charge in [0.2, 0.25) is 0 Å². The van der Waals surface area contributed by atoms with E-state index >= 15 is 0 Å². The maximum absolute atomic E-state index is 12.1. The van der Waals surface area contributed by atoms with Crippen LogP contribution in [0.5, 0.6) is 0 Å². The number of rotatable bonds is 6. The molecule has 2 aromatic carbocycles. The fourth-order valence-electron chi connectivity index (χ4n) is 3.31. The van der Waals surface area contributed by atoms with Crippen LogP contribution in [0, 0.1) is 0 Å². The van der Waals surface area contributed by atoms with Crippen molar-refractivity contribution in [3.8, 4) is 0 Å². The third kappa shape index (κ3) is 5.74. The summed E-state index contributed by atoms with van der Waals surface area (Å²) in [4.78, 5) is 23.8. The third-order valence-electron chi connectivity index (χ3n) is 4.77. The van der Waals surface area contributed by atoms with Gasteiger partial charge in [0.1, 0.15) is 0 Å². The van der Waals surface area contributed by atoms with Crippen molar-refractivity contribution in [1.29, 1.82) is 0 Å². The van der Waals surface area contributed by atoms with Gasteiger partial charge in [0, 0.05) is 23.1 Å². The number of esters is 1. The monoisotopic (exact) mass is 381 g/mol. The highest BCUT2D eigenvalue weighted by Gasteiger charge is 2.15. The molecular formula is C22H27N3O3. The SMILES string of the molecule is CCOC(=O)c1ccc(Nc2ccc(NC(=O)NC3CCCCC3)cc2)cc1. The van der Waals surface area contributed by atoms with Gasteiger partial charge in [-0.05, 0) is 68.3 Å². The molecule has 3 rings (SSSR count). The van der Waals surface area contributed by atoms with Gasteiger partial charge in [0.25, 0.3) is 0 Å². The third-order valence-corrected chi connectivity index (χ3v) is 4.77. The first-order chi connectivity index (χ1) is 13.6. The lowest BCUT2D eigenvalue weighted by atomic mass is 9.96. The van der Waals surface area contributed by atoms with Crippen LogP contribution in [0.1, 0.15) is 49.4 Å². The van der Waals surface area contributed by atoms with Crippen LogP contribution in [-0.2, 0) is 4.74 Å². The average Bonchev–Trinajstić information content (AvgIpc) is 2.71. The number of nitrogens with one attached hydrogen (secondary N) is 3. The Labute approximate surface area is 165 Å². The first kappa shape index (κ1) is 19.7. The molecule has 0 radical (unpaired) electrons.